The molecule has 2 aromatic rings. The molecule has 0 fully saturated rings. The summed E-state index contributed by atoms with van der Waals surface area (Å²) in [6.45, 7) is 2.44. The first-order chi connectivity index (χ1) is 10.1. The molecule has 1 heterocycles. The molecule has 1 aromatic heterocycles. The van der Waals surface area contributed by atoms with Gasteiger partial charge in [0.2, 0.25) is 11.8 Å². The lowest BCUT2D eigenvalue weighted by Crippen LogP contribution is -2.02. The molecule has 0 aliphatic rings. The van der Waals surface area contributed by atoms with Crippen LogP contribution in [-0.4, -0.2) is 11.6 Å². The zero-order chi connectivity index (χ0) is 15.2. The van der Waals surface area contributed by atoms with Crippen LogP contribution in [0.3, 0.4) is 0 Å². The van der Waals surface area contributed by atoms with Gasteiger partial charge >= 0.3 is 0 Å². The van der Waals surface area contributed by atoms with Crippen LogP contribution in [0.15, 0.2) is 30.3 Å². The number of benzene rings is 1. The number of nitrogens with two attached hydrogens (primary N) is 1. The molecule has 108 valence electrons. The molecule has 0 atom stereocenters. The minimum Gasteiger partial charge on any atom is -0.476 e. The predicted molar refractivity (Wildman–Crippen MR) is 75.6 cm³/mol. The van der Waals surface area contributed by atoms with Gasteiger partial charge in [0.05, 0.1) is 23.9 Å². The van der Waals surface area contributed by atoms with Crippen LogP contribution in [0.1, 0.15) is 18.9 Å². The monoisotopic (exact) mass is 287 g/mol. The molecule has 2 rings (SSSR count). The highest BCUT2D eigenvalue weighted by Crippen LogP contribution is 2.28. The van der Waals surface area contributed by atoms with Crippen molar-refractivity contribution < 1.29 is 13.9 Å². The summed E-state index contributed by atoms with van der Waals surface area (Å²) in [7, 11) is 0. The fourth-order valence-electron chi connectivity index (χ4n) is 1.57. The normalized spacial score (nSPS) is 9.95. The summed E-state index contributed by atoms with van der Waals surface area (Å²) >= 11 is 0. The maximum absolute atomic E-state index is 13.7. The Morgan fingerprint density at radius 3 is 2.81 bits per heavy atom. The van der Waals surface area contributed by atoms with Crippen molar-refractivity contribution in [1.29, 1.82) is 5.26 Å². The average molecular weight is 287 g/mol. The first kappa shape index (κ1) is 14.6. The van der Waals surface area contributed by atoms with E-state index < -0.39 is 5.82 Å². The van der Waals surface area contributed by atoms with E-state index in [4.69, 9.17) is 20.5 Å². The van der Waals surface area contributed by atoms with E-state index in [0.717, 1.165) is 12.5 Å². The number of hydrogen-bond acceptors (Lipinski definition) is 5. The van der Waals surface area contributed by atoms with Gasteiger partial charge < -0.3 is 15.2 Å². The third-order valence-electron chi connectivity index (χ3n) is 2.58. The average Bonchev–Trinajstić information content (AvgIpc) is 2.49. The molecule has 2 N–H and O–H groups in total. The maximum Gasteiger partial charge on any atom is 0.240 e. The lowest BCUT2D eigenvalue weighted by atomic mass is 10.2. The Bertz CT molecular complexity index is 683. The van der Waals surface area contributed by atoms with Crippen molar-refractivity contribution in [3.05, 3.63) is 41.7 Å². The van der Waals surface area contributed by atoms with E-state index in [9.17, 15) is 4.39 Å². The van der Waals surface area contributed by atoms with Crippen LogP contribution in [0.25, 0.3) is 0 Å². The summed E-state index contributed by atoms with van der Waals surface area (Å²) in [5.41, 5.74) is 6.34. The zero-order valence-corrected chi connectivity index (χ0v) is 11.5. The van der Waals surface area contributed by atoms with Crippen LogP contribution < -0.4 is 15.2 Å². The van der Waals surface area contributed by atoms with Gasteiger partial charge in [-0.15, -0.1) is 0 Å². The summed E-state index contributed by atoms with van der Waals surface area (Å²) in [4.78, 5) is 4.09. The highest BCUT2D eigenvalue weighted by atomic mass is 19.1. The molecule has 5 nitrogen and oxygen atoms in total. The minimum atomic E-state index is -0.635. The number of rotatable bonds is 5. The number of hydrogen-bond donors (Lipinski definition) is 1. The SMILES string of the molecule is CCCOc1nc(Oc2ccc(C#N)cc2F)ccc1N. The second-order valence-corrected chi connectivity index (χ2v) is 4.25. The van der Waals surface area contributed by atoms with E-state index in [2.05, 4.69) is 4.98 Å². The number of nitrogens with zero attached hydrogens (tertiary/aromatic N) is 2. The van der Waals surface area contributed by atoms with Gasteiger partial charge in [0, 0.05) is 6.07 Å². The van der Waals surface area contributed by atoms with Crippen LogP contribution in [0.2, 0.25) is 0 Å². The molecule has 0 aliphatic heterocycles. The number of nitrogen functional groups attached to an aromatic ring is 1. The lowest BCUT2D eigenvalue weighted by molar-refractivity contribution is 0.302. The van der Waals surface area contributed by atoms with Crippen molar-refractivity contribution in [3.63, 3.8) is 0 Å². The van der Waals surface area contributed by atoms with Crippen LogP contribution in [-0.2, 0) is 0 Å². The van der Waals surface area contributed by atoms with Gasteiger partial charge in [-0.25, -0.2) is 4.39 Å². The Morgan fingerprint density at radius 2 is 2.14 bits per heavy atom. The molecule has 1 aromatic carbocycles. The van der Waals surface area contributed by atoms with Crippen LogP contribution in [0.5, 0.6) is 17.5 Å². The standard InChI is InChI=1S/C15H14FN3O2/c1-2-7-20-15-12(18)4-6-14(19-15)21-13-5-3-10(9-17)8-11(13)16/h3-6,8H,2,7,18H2,1H3. The molecule has 6 heteroatoms. The van der Waals surface area contributed by atoms with E-state index in [1.165, 1.54) is 18.2 Å². The number of aromatic nitrogens is 1. The Kier molecular flexibility index (Phi) is 4.57. The summed E-state index contributed by atoms with van der Waals surface area (Å²) in [5, 5.41) is 8.69. The molecule has 0 aliphatic carbocycles. The molecule has 21 heavy (non-hydrogen) atoms. The number of pyridine rings is 1. The third kappa shape index (κ3) is 3.60. The molecule has 0 bridgehead atoms. The van der Waals surface area contributed by atoms with Crippen LogP contribution >= 0.6 is 0 Å². The van der Waals surface area contributed by atoms with Crippen molar-refractivity contribution in [1.82, 2.24) is 4.98 Å². The van der Waals surface area contributed by atoms with Crippen LogP contribution in [0.4, 0.5) is 10.1 Å². The molecule has 0 radical (unpaired) electrons. The molecule has 0 saturated carbocycles. The van der Waals surface area contributed by atoms with E-state index in [1.807, 2.05) is 13.0 Å². The van der Waals surface area contributed by atoms with Gasteiger partial charge in [-0.3, -0.25) is 0 Å². The number of halogens is 1. The zero-order valence-electron chi connectivity index (χ0n) is 11.5. The number of nitriles is 1. The Hall–Kier alpha value is -2.81. The molecule has 0 amide bonds. The highest BCUT2D eigenvalue weighted by Gasteiger charge is 2.09. The van der Waals surface area contributed by atoms with Crippen molar-refractivity contribution in [2.24, 2.45) is 0 Å². The molecular weight excluding hydrogens is 273 g/mol. The van der Waals surface area contributed by atoms with Gasteiger partial charge in [-0.2, -0.15) is 10.2 Å². The minimum absolute atomic E-state index is 0.0206. The quantitative estimate of drug-likeness (QED) is 0.912. The third-order valence-corrected chi connectivity index (χ3v) is 2.58. The van der Waals surface area contributed by atoms with Gasteiger partial charge in [-0.1, -0.05) is 6.92 Å². The fraction of sp³-hybridized carbons (Fsp3) is 0.200. The second-order valence-electron chi connectivity index (χ2n) is 4.25. The maximum atomic E-state index is 13.7. The van der Waals surface area contributed by atoms with Crippen LogP contribution in [0, 0.1) is 17.1 Å². The largest absolute Gasteiger partial charge is 0.476 e. The molecule has 0 saturated heterocycles. The summed E-state index contributed by atoms with van der Waals surface area (Å²) in [6, 6.07) is 8.88. The molecular formula is C15H14FN3O2. The topological polar surface area (TPSA) is 81.2 Å². The van der Waals surface area contributed by atoms with Crippen molar-refractivity contribution in [2.45, 2.75) is 13.3 Å². The Balaban J connectivity index is 2.21. The van der Waals surface area contributed by atoms with E-state index >= 15 is 0 Å². The summed E-state index contributed by atoms with van der Waals surface area (Å²) in [6.07, 6.45) is 0.816. The first-order valence-corrected chi connectivity index (χ1v) is 6.41. The Labute approximate surface area is 121 Å². The van der Waals surface area contributed by atoms with Gasteiger partial charge in [0.1, 0.15) is 0 Å². The van der Waals surface area contributed by atoms with Crippen molar-refractivity contribution in [3.8, 4) is 23.6 Å². The summed E-state index contributed by atoms with van der Waals surface area (Å²) < 4.78 is 24.5. The van der Waals surface area contributed by atoms with Gasteiger partial charge in [0.15, 0.2) is 11.6 Å². The van der Waals surface area contributed by atoms with E-state index in [0.29, 0.717) is 12.3 Å². The predicted octanol–water partition coefficient (Wildman–Crippen LogP) is 3.26. The summed E-state index contributed by atoms with van der Waals surface area (Å²) in [5.74, 6) is -0.237. The number of anilines is 1. The Morgan fingerprint density at radius 1 is 1.33 bits per heavy atom. The first-order valence-electron chi connectivity index (χ1n) is 6.41. The van der Waals surface area contributed by atoms with Gasteiger partial charge in [0.25, 0.3) is 0 Å². The van der Waals surface area contributed by atoms with E-state index in [1.54, 1.807) is 6.07 Å². The lowest BCUT2D eigenvalue weighted by Gasteiger charge is -2.10. The van der Waals surface area contributed by atoms with E-state index in [-0.39, 0.29) is 23.1 Å². The smallest absolute Gasteiger partial charge is 0.240 e. The molecule has 0 unspecified atom stereocenters. The fourth-order valence-corrected chi connectivity index (χ4v) is 1.57. The highest BCUT2D eigenvalue weighted by molar-refractivity contribution is 5.50. The second kappa shape index (κ2) is 6.57. The van der Waals surface area contributed by atoms with Crippen molar-refractivity contribution >= 4 is 5.69 Å². The van der Waals surface area contributed by atoms with Gasteiger partial charge in [-0.05, 0) is 30.7 Å². The molecule has 0 spiro atoms. The van der Waals surface area contributed by atoms with Crippen molar-refractivity contribution in [2.75, 3.05) is 12.3 Å². The number of ether oxygens (including phenoxy) is 2.